The molecule has 11 heteroatoms. The summed E-state index contributed by atoms with van der Waals surface area (Å²) in [5, 5.41) is 12.5. The van der Waals surface area contributed by atoms with Crippen molar-refractivity contribution in [1.82, 2.24) is 4.72 Å². The van der Waals surface area contributed by atoms with Crippen LogP contribution in [0, 0.1) is 16.7 Å². The number of carboxylic acid groups (broad SMARTS) is 1. The average Bonchev–Trinajstić information content (AvgIpc) is 3.11. The number of amides is 1. The van der Waals surface area contributed by atoms with Crippen LogP contribution in [0.4, 0.5) is 5.69 Å². The SMILES string of the molecule is CC1(C)C2CC[C@]1(CS(=O)(=O)N[C@@H](Cc1ccc3c(c1)NC(=O)[C@@H](CCCN)O3)C(=O)O)C(=O)C2. The third-order valence-corrected chi connectivity index (χ3v) is 9.69. The molecule has 0 radical (unpaired) electrons. The first-order valence-electron chi connectivity index (χ1n) is 12.0. The number of benzene rings is 1. The molecule has 5 N–H and O–H groups in total. The second kappa shape index (κ2) is 9.18. The number of hydrogen-bond donors (Lipinski definition) is 4. The summed E-state index contributed by atoms with van der Waals surface area (Å²) in [5.74, 6) is -1.48. The highest BCUT2D eigenvalue weighted by molar-refractivity contribution is 7.89. The van der Waals surface area contributed by atoms with Crippen molar-refractivity contribution in [2.75, 3.05) is 17.6 Å². The minimum Gasteiger partial charge on any atom is -0.480 e. The lowest BCUT2D eigenvalue weighted by Crippen LogP contribution is -2.49. The standard InChI is InChI=1S/C24H33N3O7S/c1-23(2)15-7-8-24(23,20(28)12-15)13-35(32,33)27-17(22(30)31)11-14-5-6-18-16(10-14)26-21(29)19(34-18)4-3-9-25/h5-6,10,15,17,19,27H,3-4,7-9,11-13,25H2,1-2H3,(H,26,29)(H,30,31)/t15?,17-,19+,24-/m0/s1. The number of ketones is 1. The molecule has 0 saturated heterocycles. The quantitative estimate of drug-likeness (QED) is 0.369. The van der Waals surface area contributed by atoms with E-state index in [1.807, 2.05) is 13.8 Å². The molecule has 1 aliphatic heterocycles. The van der Waals surface area contributed by atoms with Crippen molar-refractivity contribution >= 4 is 33.4 Å². The molecule has 2 bridgehead atoms. The Kier molecular flexibility index (Phi) is 6.71. The first-order chi connectivity index (χ1) is 16.4. The zero-order valence-corrected chi connectivity index (χ0v) is 20.8. The molecule has 3 aliphatic rings. The number of hydrogen-bond acceptors (Lipinski definition) is 7. The molecule has 1 heterocycles. The smallest absolute Gasteiger partial charge is 0.322 e. The molecule has 192 valence electrons. The van der Waals surface area contributed by atoms with Crippen LogP contribution in [0.2, 0.25) is 0 Å². The average molecular weight is 508 g/mol. The number of rotatable bonds is 10. The van der Waals surface area contributed by atoms with E-state index in [0.717, 1.165) is 6.42 Å². The predicted octanol–water partition coefficient (Wildman–Crippen LogP) is 1.44. The minimum absolute atomic E-state index is 0.0498. The van der Waals surface area contributed by atoms with Crippen LogP contribution >= 0.6 is 0 Å². The Hall–Kier alpha value is -2.50. The van der Waals surface area contributed by atoms with Crippen molar-refractivity contribution < 1.29 is 32.6 Å². The van der Waals surface area contributed by atoms with Gasteiger partial charge in [0.25, 0.3) is 5.91 Å². The highest BCUT2D eigenvalue weighted by Gasteiger charge is 2.65. The molecule has 4 atom stereocenters. The number of anilines is 1. The molecule has 1 aromatic rings. The van der Waals surface area contributed by atoms with Gasteiger partial charge in [-0.3, -0.25) is 14.4 Å². The number of aliphatic carboxylic acids is 1. The number of Topliss-reactive ketones (excluding diaryl/α,β-unsaturated/α-hetero) is 1. The summed E-state index contributed by atoms with van der Waals surface area (Å²) in [6, 6.07) is 3.43. The molecule has 0 aromatic heterocycles. The van der Waals surface area contributed by atoms with E-state index >= 15 is 0 Å². The highest BCUT2D eigenvalue weighted by Crippen LogP contribution is 2.64. The van der Waals surface area contributed by atoms with Gasteiger partial charge >= 0.3 is 5.97 Å². The van der Waals surface area contributed by atoms with Crippen molar-refractivity contribution in [1.29, 1.82) is 0 Å². The Morgan fingerprint density at radius 2 is 2.09 bits per heavy atom. The summed E-state index contributed by atoms with van der Waals surface area (Å²) in [7, 11) is -4.08. The molecule has 4 rings (SSSR count). The van der Waals surface area contributed by atoms with Gasteiger partial charge in [-0.1, -0.05) is 19.9 Å². The van der Waals surface area contributed by atoms with Crippen molar-refractivity contribution in [2.24, 2.45) is 22.5 Å². The number of carbonyl (C=O) groups is 3. The molecule has 1 amide bonds. The third kappa shape index (κ3) is 4.68. The number of nitrogens with one attached hydrogen (secondary N) is 2. The second-order valence-electron chi connectivity index (χ2n) is 10.5. The van der Waals surface area contributed by atoms with E-state index in [4.69, 9.17) is 10.5 Å². The number of carbonyl (C=O) groups excluding carboxylic acids is 2. The van der Waals surface area contributed by atoms with Gasteiger partial charge in [0.05, 0.1) is 11.4 Å². The van der Waals surface area contributed by atoms with Gasteiger partial charge in [-0.05, 0) is 67.7 Å². The summed E-state index contributed by atoms with van der Waals surface area (Å²) >= 11 is 0. The van der Waals surface area contributed by atoms with Gasteiger partial charge in [-0.15, -0.1) is 0 Å². The van der Waals surface area contributed by atoms with Crippen LogP contribution in [0.15, 0.2) is 18.2 Å². The fourth-order valence-electron chi connectivity index (χ4n) is 5.92. The lowest BCUT2D eigenvalue weighted by molar-refractivity contribution is -0.139. The minimum atomic E-state index is -4.08. The summed E-state index contributed by atoms with van der Waals surface area (Å²) in [6.45, 7) is 4.31. The number of sulfonamides is 1. The fourth-order valence-corrected chi connectivity index (χ4v) is 7.95. The van der Waals surface area contributed by atoms with Gasteiger partial charge in [-0.25, -0.2) is 13.1 Å². The van der Waals surface area contributed by atoms with E-state index in [9.17, 15) is 27.9 Å². The zero-order chi connectivity index (χ0) is 25.6. The largest absolute Gasteiger partial charge is 0.480 e. The van der Waals surface area contributed by atoms with Crippen molar-refractivity contribution in [3.8, 4) is 5.75 Å². The number of nitrogens with two attached hydrogens (primary N) is 1. The topological polar surface area (TPSA) is 165 Å². The van der Waals surface area contributed by atoms with Crippen molar-refractivity contribution in [3.05, 3.63) is 23.8 Å². The van der Waals surface area contributed by atoms with E-state index in [-0.39, 0.29) is 24.0 Å². The summed E-state index contributed by atoms with van der Waals surface area (Å²) in [4.78, 5) is 37.0. The molecule has 1 aromatic carbocycles. The fraction of sp³-hybridized carbons (Fsp3) is 0.625. The Balaban J connectivity index is 1.48. The van der Waals surface area contributed by atoms with Crippen LogP contribution in [0.3, 0.4) is 0 Å². The van der Waals surface area contributed by atoms with Crippen molar-refractivity contribution in [3.63, 3.8) is 0 Å². The molecule has 0 spiro atoms. The van der Waals surface area contributed by atoms with Gasteiger partial charge in [0, 0.05) is 11.8 Å². The molecule has 2 fully saturated rings. The van der Waals surface area contributed by atoms with Crippen LogP contribution in [0.1, 0.15) is 51.5 Å². The third-order valence-electron chi connectivity index (χ3n) is 8.17. The number of ether oxygens (including phenoxy) is 1. The lowest BCUT2D eigenvalue weighted by Gasteiger charge is -2.36. The van der Waals surface area contributed by atoms with Crippen LogP contribution in [-0.4, -0.2) is 55.6 Å². The Morgan fingerprint density at radius 3 is 2.69 bits per heavy atom. The molecule has 10 nitrogen and oxygen atoms in total. The zero-order valence-electron chi connectivity index (χ0n) is 20.0. The lowest BCUT2D eigenvalue weighted by atomic mass is 9.70. The summed E-state index contributed by atoms with van der Waals surface area (Å²) < 4.78 is 34.2. The molecule has 1 unspecified atom stereocenters. The van der Waals surface area contributed by atoms with Crippen LogP contribution in [0.5, 0.6) is 5.75 Å². The Morgan fingerprint density at radius 1 is 1.34 bits per heavy atom. The van der Waals surface area contributed by atoms with E-state index in [1.165, 1.54) is 0 Å². The molecule has 2 aliphatic carbocycles. The van der Waals surface area contributed by atoms with Crippen LogP contribution in [-0.2, 0) is 30.8 Å². The maximum absolute atomic E-state index is 13.1. The van der Waals surface area contributed by atoms with Gasteiger partial charge in [0.2, 0.25) is 10.0 Å². The van der Waals surface area contributed by atoms with E-state index < -0.39 is 44.7 Å². The van der Waals surface area contributed by atoms with Gasteiger partial charge in [-0.2, -0.15) is 0 Å². The first-order valence-corrected chi connectivity index (χ1v) is 13.6. The van der Waals surface area contributed by atoms with Crippen LogP contribution in [0.25, 0.3) is 0 Å². The van der Waals surface area contributed by atoms with Gasteiger partial charge in [0.1, 0.15) is 17.6 Å². The predicted molar refractivity (Wildman–Crippen MR) is 128 cm³/mol. The van der Waals surface area contributed by atoms with Gasteiger partial charge in [0.15, 0.2) is 6.10 Å². The van der Waals surface area contributed by atoms with E-state index in [2.05, 4.69) is 10.0 Å². The second-order valence-corrected chi connectivity index (χ2v) is 12.2. The monoisotopic (exact) mass is 507 g/mol. The Labute approximate surface area is 205 Å². The maximum atomic E-state index is 13.1. The summed E-state index contributed by atoms with van der Waals surface area (Å²) in [5.41, 5.74) is 4.98. The molecular weight excluding hydrogens is 474 g/mol. The number of carboxylic acids is 1. The molecular formula is C24H33N3O7S. The normalized spacial score (nSPS) is 27.7. The summed E-state index contributed by atoms with van der Waals surface area (Å²) in [6.07, 6.45) is 2.01. The van der Waals surface area contributed by atoms with Gasteiger partial charge < -0.3 is 20.9 Å². The van der Waals surface area contributed by atoms with Crippen LogP contribution < -0.4 is 20.5 Å². The molecule has 35 heavy (non-hydrogen) atoms. The van der Waals surface area contributed by atoms with Crippen molar-refractivity contribution in [2.45, 2.75) is 64.5 Å². The highest BCUT2D eigenvalue weighted by atomic mass is 32.2. The Bertz CT molecular complexity index is 1150. The number of fused-ring (bicyclic) bond motifs is 3. The van der Waals surface area contributed by atoms with E-state index in [0.29, 0.717) is 49.2 Å². The molecule has 2 saturated carbocycles. The van der Waals surface area contributed by atoms with E-state index in [1.54, 1.807) is 18.2 Å². The maximum Gasteiger partial charge on any atom is 0.322 e. The first kappa shape index (κ1) is 25.6.